The number of hydrogen-bond donors (Lipinski definition) is 1. The molecule has 0 bridgehead atoms. The minimum Gasteiger partial charge on any atom is 0 e. The minimum atomic E-state index is 0. The molecule has 0 unspecified atom stereocenters. The molecular weight excluding hydrogens is 459 g/mol. The van der Waals surface area contributed by atoms with Crippen LogP contribution in [0.3, 0.4) is 0 Å². The fourth-order valence-electron chi connectivity index (χ4n) is 2.77. The van der Waals surface area contributed by atoms with Crippen LogP contribution in [-0.2, 0) is 26.4 Å². The SMILES string of the molecule is CC(C)P(CCNCCP(C(C)C)C(C)C)C(C)C.[Br-].[C-]#[O+].[C-]#[O+].[Mn]. The van der Waals surface area contributed by atoms with Crippen LogP contribution in [0.5, 0.6) is 0 Å². The molecule has 0 fully saturated rings. The normalized spacial score (nSPS) is 10.0. The van der Waals surface area contributed by atoms with Gasteiger partial charge in [-0.3, -0.25) is 0 Å². The van der Waals surface area contributed by atoms with Crippen LogP contribution in [0, 0.1) is 13.3 Å². The second-order valence-corrected chi connectivity index (χ2v) is 13.7. The molecule has 7 heteroatoms. The molecule has 0 amide bonds. The van der Waals surface area contributed by atoms with E-state index in [1.165, 1.54) is 25.4 Å². The van der Waals surface area contributed by atoms with E-state index >= 15 is 0 Å². The van der Waals surface area contributed by atoms with Crippen molar-refractivity contribution >= 4 is 15.8 Å². The second-order valence-electron chi connectivity index (χ2n) is 6.60. The number of halogens is 1. The summed E-state index contributed by atoms with van der Waals surface area (Å²) in [7, 11) is 0.415. The van der Waals surface area contributed by atoms with E-state index in [9.17, 15) is 0 Å². The summed E-state index contributed by atoms with van der Waals surface area (Å²) in [5, 5.41) is 3.70. The molecule has 0 aromatic heterocycles. The van der Waals surface area contributed by atoms with E-state index < -0.39 is 0 Å². The fraction of sp³-hybridized carbons (Fsp3) is 0.889. The average Bonchev–Trinajstić information content (AvgIpc) is 2.48. The van der Waals surface area contributed by atoms with E-state index in [4.69, 9.17) is 9.30 Å². The van der Waals surface area contributed by atoms with Crippen LogP contribution in [0.1, 0.15) is 55.4 Å². The van der Waals surface area contributed by atoms with E-state index in [1.807, 2.05) is 0 Å². The monoisotopic (exact) mass is 495 g/mol. The quantitative estimate of drug-likeness (QED) is 0.163. The van der Waals surface area contributed by atoms with E-state index in [0.717, 1.165) is 22.6 Å². The van der Waals surface area contributed by atoms with Crippen LogP contribution < -0.4 is 22.3 Å². The number of rotatable bonds is 10. The Kier molecular flexibility index (Phi) is 37.5. The van der Waals surface area contributed by atoms with Crippen molar-refractivity contribution in [3.05, 3.63) is 13.3 Å². The summed E-state index contributed by atoms with van der Waals surface area (Å²) in [6.07, 6.45) is 2.79. The predicted octanol–water partition coefficient (Wildman–Crippen LogP) is 2.10. The van der Waals surface area contributed by atoms with Crippen molar-refractivity contribution in [3.63, 3.8) is 0 Å². The second kappa shape index (κ2) is 25.3. The van der Waals surface area contributed by atoms with Gasteiger partial charge >= 0.3 is 22.6 Å². The maximum Gasteiger partial charge on any atom is 0 e. The largest absolute Gasteiger partial charge is 0 e. The Hall–Kier alpha value is 1.30. The molecule has 25 heavy (non-hydrogen) atoms. The van der Waals surface area contributed by atoms with Crippen LogP contribution in [0.15, 0.2) is 0 Å². The van der Waals surface area contributed by atoms with Crippen LogP contribution >= 0.6 is 15.8 Å². The molecule has 0 aliphatic heterocycles. The van der Waals surface area contributed by atoms with Crippen molar-refractivity contribution in [2.24, 2.45) is 0 Å². The Balaban J connectivity index is -0.000000206. The van der Waals surface area contributed by atoms with Gasteiger partial charge in [0.2, 0.25) is 0 Å². The third-order valence-electron chi connectivity index (χ3n) is 3.75. The van der Waals surface area contributed by atoms with Gasteiger partial charge in [0.15, 0.2) is 0 Å². The topological polar surface area (TPSA) is 51.8 Å². The summed E-state index contributed by atoms with van der Waals surface area (Å²) in [4.78, 5) is 0. The van der Waals surface area contributed by atoms with Crippen molar-refractivity contribution in [2.75, 3.05) is 25.4 Å². The Bertz CT molecular complexity index is 257. The molecular formula is C18H37BrMnNO2P2-. The van der Waals surface area contributed by atoms with Gasteiger partial charge in [-0.05, 0) is 48.0 Å². The van der Waals surface area contributed by atoms with Gasteiger partial charge in [-0.2, -0.15) is 0 Å². The average molecular weight is 496 g/mol. The Morgan fingerprint density at radius 2 is 0.840 bits per heavy atom. The first-order chi connectivity index (χ1) is 10.8. The molecule has 1 N–H and O–H groups in total. The molecule has 0 rings (SSSR count). The zero-order valence-electron chi connectivity index (χ0n) is 17.1. The molecule has 0 aromatic carbocycles. The maximum atomic E-state index is 7.50. The van der Waals surface area contributed by atoms with Crippen LogP contribution in [0.4, 0.5) is 0 Å². The van der Waals surface area contributed by atoms with E-state index in [2.05, 4.69) is 74.0 Å². The van der Waals surface area contributed by atoms with Crippen LogP contribution in [0.2, 0.25) is 0 Å². The van der Waals surface area contributed by atoms with Gasteiger partial charge in [0.05, 0.1) is 0 Å². The molecule has 3 nitrogen and oxygen atoms in total. The van der Waals surface area contributed by atoms with Crippen LogP contribution in [0.25, 0.3) is 0 Å². The molecule has 0 aromatic rings. The molecule has 0 aliphatic carbocycles. The summed E-state index contributed by atoms with van der Waals surface area (Å²) in [6.45, 7) is 30.6. The summed E-state index contributed by atoms with van der Waals surface area (Å²) in [5.41, 5.74) is 3.50. The Morgan fingerprint density at radius 3 is 1.00 bits per heavy atom. The zero-order chi connectivity index (χ0) is 19.0. The third-order valence-corrected chi connectivity index (χ3v) is 10.5. The van der Waals surface area contributed by atoms with E-state index in [-0.39, 0.29) is 49.9 Å². The van der Waals surface area contributed by atoms with E-state index in [0.29, 0.717) is 0 Å². The molecule has 0 atom stereocenters. The summed E-state index contributed by atoms with van der Waals surface area (Å²) < 4.78 is 15.0. The van der Waals surface area contributed by atoms with Crippen molar-refractivity contribution in [1.82, 2.24) is 5.32 Å². The Morgan fingerprint density at radius 1 is 0.640 bits per heavy atom. The first-order valence-corrected chi connectivity index (χ1v) is 11.7. The van der Waals surface area contributed by atoms with Crippen molar-refractivity contribution in [1.29, 1.82) is 0 Å². The number of hydrogen-bond acceptors (Lipinski definition) is 1. The predicted molar refractivity (Wildman–Crippen MR) is 105 cm³/mol. The number of nitrogens with one attached hydrogen (secondary N) is 1. The van der Waals surface area contributed by atoms with Crippen LogP contribution in [-0.4, -0.2) is 48.0 Å². The smallest absolute Gasteiger partial charge is 0 e. The molecule has 0 aliphatic rings. The van der Waals surface area contributed by atoms with Crippen molar-refractivity contribution < 1.29 is 43.4 Å². The molecule has 1 radical (unpaired) electrons. The first-order valence-electron chi connectivity index (χ1n) is 8.40. The van der Waals surface area contributed by atoms with Gasteiger partial charge < -0.3 is 22.3 Å². The van der Waals surface area contributed by atoms with Gasteiger partial charge in [0, 0.05) is 17.1 Å². The molecule has 151 valence electrons. The van der Waals surface area contributed by atoms with Gasteiger partial charge in [-0.15, -0.1) is 15.8 Å². The Labute approximate surface area is 180 Å². The fourth-order valence-corrected chi connectivity index (χ4v) is 8.05. The summed E-state index contributed by atoms with van der Waals surface area (Å²) in [5.74, 6) is 0. The standard InChI is InChI=1S/C16H37NP2.2CO.BrH.Mn/c1-13(2)18(14(3)4)11-9-17-10-12-19(15(5)6)16(7)8;2*1-2;;/h13-17H,9-12H2,1-8H3;;;1H;/p-1. The third kappa shape index (κ3) is 21.5. The minimum absolute atomic E-state index is 0. The molecule has 0 saturated heterocycles. The maximum absolute atomic E-state index is 7.50. The van der Waals surface area contributed by atoms with Gasteiger partial charge in [-0.25, -0.2) is 0 Å². The first kappa shape index (κ1) is 37.1. The van der Waals surface area contributed by atoms with Crippen molar-refractivity contribution in [3.8, 4) is 0 Å². The van der Waals surface area contributed by atoms with Gasteiger partial charge in [-0.1, -0.05) is 55.4 Å². The van der Waals surface area contributed by atoms with E-state index in [1.54, 1.807) is 0 Å². The zero-order valence-corrected chi connectivity index (χ0v) is 21.7. The molecule has 0 spiro atoms. The van der Waals surface area contributed by atoms with Gasteiger partial charge in [0.25, 0.3) is 0 Å². The van der Waals surface area contributed by atoms with Crippen molar-refractivity contribution in [2.45, 2.75) is 78.0 Å². The molecule has 0 heterocycles. The van der Waals surface area contributed by atoms with Gasteiger partial charge in [0.1, 0.15) is 0 Å². The molecule has 0 saturated carbocycles. The summed E-state index contributed by atoms with van der Waals surface area (Å²) in [6, 6.07) is 0. The summed E-state index contributed by atoms with van der Waals surface area (Å²) >= 11 is 0.